The summed E-state index contributed by atoms with van der Waals surface area (Å²) in [4.78, 5) is 0. The van der Waals surface area contributed by atoms with E-state index in [-0.39, 0.29) is 0 Å². The smallest absolute Gasteiger partial charge is 0.184 e. The summed E-state index contributed by atoms with van der Waals surface area (Å²) in [5.74, 6) is 1.63. The van der Waals surface area contributed by atoms with Gasteiger partial charge < -0.3 is 9.26 Å². The summed E-state index contributed by atoms with van der Waals surface area (Å²) in [6.45, 7) is 3.77. The maximum absolute atomic E-state index is 5.57. The third-order valence-corrected chi connectivity index (χ3v) is 1.78. The van der Waals surface area contributed by atoms with Crippen molar-refractivity contribution in [1.29, 1.82) is 0 Å². The van der Waals surface area contributed by atoms with Crippen molar-refractivity contribution in [3.63, 3.8) is 0 Å². The minimum absolute atomic E-state index is 0.423. The molecule has 0 spiro atoms. The van der Waals surface area contributed by atoms with Crippen LogP contribution in [0.3, 0.4) is 0 Å². The van der Waals surface area contributed by atoms with Crippen LogP contribution in [0, 0.1) is 13.8 Å². The van der Waals surface area contributed by atoms with E-state index >= 15 is 0 Å². The van der Waals surface area contributed by atoms with Crippen molar-refractivity contribution < 1.29 is 9.26 Å². The SMILES string of the molecule is Cc1noc(C)c1OC1CC1. The molecule has 11 heavy (non-hydrogen) atoms. The van der Waals surface area contributed by atoms with Crippen LogP contribution in [0.15, 0.2) is 4.52 Å². The highest BCUT2D eigenvalue weighted by Gasteiger charge is 2.26. The Morgan fingerprint density at radius 3 is 2.64 bits per heavy atom. The Morgan fingerprint density at radius 2 is 2.18 bits per heavy atom. The zero-order valence-electron chi connectivity index (χ0n) is 6.76. The normalized spacial score (nSPS) is 16.9. The van der Waals surface area contributed by atoms with E-state index in [1.807, 2.05) is 13.8 Å². The molecule has 0 aliphatic heterocycles. The van der Waals surface area contributed by atoms with Crippen LogP contribution < -0.4 is 4.74 Å². The average Bonchev–Trinajstić information content (AvgIpc) is 2.73. The highest BCUT2D eigenvalue weighted by Crippen LogP contribution is 2.30. The molecular formula is C8H11NO2. The van der Waals surface area contributed by atoms with Crippen LogP contribution in [0.4, 0.5) is 0 Å². The van der Waals surface area contributed by atoms with E-state index in [1.165, 1.54) is 12.8 Å². The first-order valence-corrected chi connectivity index (χ1v) is 3.87. The van der Waals surface area contributed by atoms with E-state index in [1.54, 1.807) is 0 Å². The lowest BCUT2D eigenvalue weighted by Gasteiger charge is -2.00. The first-order valence-electron chi connectivity index (χ1n) is 3.87. The molecule has 1 aromatic rings. The predicted molar refractivity (Wildman–Crippen MR) is 39.6 cm³/mol. The van der Waals surface area contributed by atoms with E-state index in [9.17, 15) is 0 Å². The average molecular weight is 153 g/mol. The van der Waals surface area contributed by atoms with Gasteiger partial charge in [0.2, 0.25) is 0 Å². The Morgan fingerprint density at radius 1 is 1.45 bits per heavy atom. The third-order valence-electron chi connectivity index (χ3n) is 1.78. The molecule has 0 saturated heterocycles. The molecule has 3 heteroatoms. The van der Waals surface area contributed by atoms with Crippen LogP contribution >= 0.6 is 0 Å². The van der Waals surface area contributed by atoms with E-state index in [4.69, 9.17) is 9.26 Å². The molecule has 1 saturated carbocycles. The summed E-state index contributed by atoms with van der Waals surface area (Å²) in [5, 5.41) is 3.80. The zero-order chi connectivity index (χ0) is 7.84. The molecule has 0 bridgehead atoms. The second kappa shape index (κ2) is 2.26. The Hall–Kier alpha value is -0.990. The summed E-state index contributed by atoms with van der Waals surface area (Å²) in [6.07, 6.45) is 2.76. The van der Waals surface area contributed by atoms with Crippen LogP contribution in [-0.4, -0.2) is 11.3 Å². The molecule has 1 heterocycles. The Bertz CT molecular complexity index is 244. The Kier molecular flexibility index (Phi) is 1.37. The molecule has 1 aromatic heterocycles. The molecule has 3 nitrogen and oxygen atoms in total. The maximum Gasteiger partial charge on any atom is 0.184 e. The molecule has 1 fully saturated rings. The van der Waals surface area contributed by atoms with Crippen molar-refractivity contribution in [3.05, 3.63) is 11.5 Å². The largest absolute Gasteiger partial charge is 0.485 e. The fourth-order valence-electron chi connectivity index (χ4n) is 0.995. The van der Waals surface area contributed by atoms with Gasteiger partial charge in [-0.05, 0) is 19.8 Å². The fourth-order valence-corrected chi connectivity index (χ4v) is 0.995. The van der Waals surface area contributed by atoms with E-state index < -0.39 is 0 Å². The second-order valence-electron chi connectivity index (χ2n) is 2.97. The summed E-state index contributed by atoms with van der Waals surface area (Å²) in [6, 6.07) is 0. The highest BCUT2D eigenvalue weighted by molar-refractivity contribution is 5.29. The van der Waals surface area contributed by atoms with Gasteiger partial charge in [-0.3, -0.25) is 0 Å². The zero-order valence-corrected chi connectivity index (χ0v) is 6.76. The minimum Gasteiger partial charge on any atom is -0.485 e. The minimum atomic E-state index is 0.423. The van der Waals surface area contributed by atoms with Crippen molar-refractivity contribution >= 4 is 0 Å². The lowest BCUT2D eigenvalue weighted by Crippen LogP contribution is -1.97. The van der Waals surface area contributed by atoms with E-state index in [0.717, 1.165) is 17.2 Å². The quantitative estimate of drug-likeness (QED) is 0.650. The van der Waals surface area contributed by atoms with Gasteiger partial charge in [-0.1, -0.05) is 5.16 Å². The summed E-state index contributed by atoms with van der Waals surface area (Å²) in [7, 11) is 0. The third kappa shape index (κ3) is 1.23. The Balaban J connectivity index is 2.19. The Labute approximate surface area is 65.3 Å². The molecule has 60 valence electrons. The summed E-state index contributed by atoms with van der Waals surface area (Å²) < 4.78 is 10.5. The molecule has 0 radical (unpaired) electrons. The second-order valence-corrected chi connectivity index (χ2v) is 2.97. The lowest BCUT2D eigenvalue weighted by atomic mass is 10.4. The number of aryl methyl sites for hydroxylation is 2. The van der Waals surface area contributed by atoms with E-state index in [0.29, 0.717) is 6.10 Å². The van der Waals surface area contributed by atoms with Crippen molar-refractivity contribution in [2.45, 2.75) is 32.8 Å². The van der Waals surface area contributed by atoms with Gasteiger partial charge in [-0.15, -0.1) is 0 Å². The van der Waals surface area contributed by atoms with Crippen LogP contribution in [0.1, 0.15) is 24.3 Å². The topological polar surface area (TPSA) is 35.3 Å². The molecular weight excluding hydrogens is 142 g/mol. The molecule has 2 rings (SSSR count). The number of hydrogen-bond acceptors (Lipinski definition) is 3. The molecule has 0 aromatic carbocycles. The molecule has 1 aliphatic rings. The fraction of sp³-hybridized carbons (Fsp3) is 0.625. The van der Waals surface area contributed by atoms with Crippen LogP contribution in [-0.2, 0) is 0 Å². The number of hydrogen-bond donors (Lipinski definition) is 0. The van der Waals surface area contributed by atoms with Crippen LogP contribution in [0.25, 0.3) is 0 Å². The van der Waals surface area contributed by atoms with Gasteiger partial charge in [0.15, 0.2) is 11.5 Å². The first kappa shape index (κ1) is 6.70. The van der Waals surface area contributed by atoms with Crippen molar-refractivity contribution in [3.8, 4) is 5.75 Å². The lowest BCUT2D eigenvalue weighted by molar-refractivity contribution is 0.292. The van der Waals surface area contributed by atoms with Crippen LogP contribution in [0.5, 0.6) is 5.75 Å². The monoisotopic (exact) mass is 153 g/mol. The first-order chi connectivity index (χ1) is 5.27. The number of ether oxygens (including phenoxy) is 1. The van der Waals surface area contributed by atoms with Crippen molar-refractivity contribution in [2.75, 3.05) is 0 Å². The number of aromatic nitrogens is 1. The van der Waals surface area contributed by atoms with Gasteiger partial charge in [0, 0.05) is 6.92 Å². The van der Waals surface area contributed by atoms with Gasteiger partial charge in [0.05, 0.1) is 6.10 Å². The number of nitrogens with zero attached hydrogens (tertiary/aromatic N) is 1. The molecule has 0 atom stereocenters. The van der Waals surface area contributed by atoms with Gasteiger partial charge in [0.25, 0.3) is 0 Å². The molecule has 1 aliphatic carbocycles. The van der Waals surface area contributed by atoms with E-state index in [2.05, 4.69) is 5.16 Å². The number of rotatable bonds is 2. The van der Waals surface area contributed by atoms with Gasteiger partial charge >= 0.3 is 0 Å². The summed E-state index contributed by atoms with van der Waals surface area (Å²) in [5.41, 5.74) is 0.856. The molecule has 0 amide bonds. The van der Waals surface area contributed by atoms with Gasteiger partial charge in [-0.25, -0.2) is 0 Å². The van der Waals surface area contributed by atoms with Crippen molar-refractivity contribution in [1.82, 2.24) is 5.16 Å². The van der Waals surface area contributed by atoms with Gasteiger partial charge in [0.1, 0.15) is 5.69 Å². The molecule has 0 N–H and O–H groups in total. The maximum atomic E-state index is 5.57. The highest BCUT2D eigenvalue weighted by atomic mass is 16.5. The summed E-state index contributed by atoms with van der Waals surface area (Å²) >= 11 is 0. The standard InChI is InChI=1S/C8H11NO2/c1-5-8(6(2)11-9-5)10-7-3-4-7/h7H,3-4H2,1-2H3. The molecule has 0 unspecified atom stereocenters. The predicted octanol–water partition coefficient (Wildman–Crippen LogP) is 1.83. The van der Waals surface area contributed by atoms with Gasteiger partial charge in [-0.2, -0.15) is 0 Å². The van der Waals surface area contributed by atoms with Crippen molar-refractivity contribution in [2.24, 2.45) is 0 Å². The van der Waals surface area contributed by atoms with Crippen LogP contribution in [0.2, 0.25) is 0 Å².